The highest BCUT2D eigenvalue weighted by molar-refractivity contribution is 7.09. The second kappa shape index (κ2) is 6.20. The predicted molar refractivity (Wildman–Crippen MR) is 85.7 cm³/mol. The van der Waals surface area contributed by atoms with Crippen molar-refractivity contribution in [2.24, 2.45) is 0 Å². The van der Waals surface area contributed by atoms with Gasteiger partial charge in [0.05, 0.1) is 16.4 Å². The molecule has 1 unspecified atom stereocenters. The van der Waals surface area contributed by atoms with Gasteiger partial charge in [-0.1, -0.05) is 18.2 Å². The van der Waals surface area contributed by atoms with Gasteiger partial charge >= 0.3 is 0 Å². The van der Waals surface area contributed by atoms with Crippen LogP contribution < -0.4 is 5.32 Å². The Hall–Kier alpha value is -1.98. The van der Waals surface area contributed by atoms with Crippen molar-refractivity contribution in [1.82, 2.24) is 20.1 Å². The molecular formula is C16H18N4S. The van der Waals surface area contributed by atoms with E-state index < -0.39 is 0 Å². The molecule has 0 aliphatic carbocycles. The van der Waals surface area contributed by atoms with E-state index in [1.165, 1.54) is 5.56 Å². The number of hydrogen-bond acceptors (Lipinski definition) is 4. The number of thiazole rings is 1. The normalized spacial score (nSPS) is 12.5. The lowest BCUT2D eigenvalue weighted by Gasteiger charge is -2.14. The van der Waals surface area contributed by atoms with Gasteiger partial charge in [0.15, 0.2) is 0 Å². The van der Waals surface area contributed by atoms with Crippen molar-refractivity contribution in [2.75, 3.05) is 0 Å². The molecular weight excluding hydrogens is 280 g/mol. The van der Waals surface area contributed by atoms with E-state index in [1.807, 2.05) is 29.9 Å². The number of aromatic nitrogens is 3. The summed E-state index contributed by atoms with van der Waals surface area (Å²) in [6.07, 6.45) is 3.76. The van der Waals surface area contributed by atoms with Crippen molar-refractivity contribution in [3.05, 3.63) is 64.4 Å². The summed E-state index contributed by atoms with van der Waals surface area (Å²) in [6, 6.07) is 10.5. The van der Waals surface area contributed by atoms with E-state index in [4.69, 9.17) is 0 Å². The zero-order chi connectivity index (χ0) is 14.7. The number of benzene rings is 1. The van der Waals surface area contributed by atoms with Crippen LogP contribution in [0.1, 0.15) is 29.2 Å². The standard InChI is InChI=1S/C16H18N4S/c1-12(15-11-21-13(2)19-15)17-10-14-6-3-4-7-16(14)20-9-5-8-18-20/h3-9,11-12,17H,10H2,1-2H3. The van der Waals surface area contributed by atoms with Gasteiger partial charge in [-0.3, -0.25) is 0 Å². The molecule has 0 saturated carbocycles. The molecule has 0 spiro atoms. The number of hydrogen-bond donors (Lipinski definition) is 1. The Morgan fingerprint density at radius 2 is 2.14 bits per heavy atom. The first-order valence-corrected chi connectivity index (χ1v) is 7.85. The average molecular weight is 298 g/mol. The maximum absolute atomic E-state index is 4.53. The largest absolute Gasteiger partial charge is 0.305 e. The highest BCUT2D eigenvalue weighted by Crippen LogP contribution is 2.18. The van der Waals surface area contributed by atoms with E-state index in [0.29, 0.717) is 0 Å². The van der Waals surface area contributed by atoms with Crippen LogP contribution in [0.25, 0.3) is 5.69 Å². The van der Waals surface area contributed by atoms with E-state index in [-0.39, 0.29) is 6.04 Å². The molecule has 0 radical (unpaired) electrons. The van der Waals surface area contributed by atoms with Gasteiger partial charge in [-0.05, 0) is 31.5 Å². The summed E-state index contributed by atoms with van der Waals surface area (Å²) in [6.45, 7) is 4.96. The Morgan fingerprint density at radius 3 is 2.86 bits per heavy atom. The molecule has 0 bridgehead atoms. The minimum absolute atomic E-state index is 0.237. The first kappa shape index (κ1) is 14.0. The molecule has 2 aromatic heterocycles. The molecule has 21 heavy (non-hydrogen) atoms. The smallest absolute Gasteiger partial charge is 0.0898 e. The fourth-order valence-corrected chi connectivity index (χ4v) is 2.95. The van der Waals surface area contributed by atoms with Crippen LogP contribution in [0.5, 0.6) is 0 Å². The third kappa shape index (κ3) is 3.20. The topological polar surface area (TPSA) is 42.7 Å². The number of rotatable bonds is 5. The Bertz CT molecular complexity index is 703. The summed E-state index contributed by atoms with van der Waals surface area (Å²) < 4.78 is 1.90. The SMILES string of the molecule is Cc1nc(C(C)NCc2ccccc2-n2cccn2)cs1. The van der Waals surface area contributed by atoms with Gasteiger partial charge in [-0.15, -0.1) is 11.3 Å². The van der Waals surface area contributed by atoms with Gasteiger partial charge in [-0.2, -0.15) is 5.10 Å². The van der Waals surface area contributed by atoms with Crippen LogP contribution in [-0.2, 0) is 6.54 Å². The third-order valence-corrected chi connectivity index (χ3v) is 4.21. The van der Waals surface area contributed by atoms with Gasteiger partial charge in [0.25, 0.3) is 0 Å². The Kier molecular flexibility index (Phi) is 4.13. The molecule has 5 heteroatoms. The van der Waals surface area contributed by atoms with Crippen LogP contribution in [-0.4, -0.2) is 14.8 Å². The van der Waals surface area contributed by atoms with Crippen molar-refractivity contribution < 1.29 is 0 Å². The summed E-state index contributed by atoms with van der Waals surface area (Å²) in [7, 11) is 0. The highest BCUT2D eigenvalue weighted by Gasteiger charge is 2.10. The average Bonchev–Trinajstić information content (AvgIpc) is 3.16. The van der Waals surface area contributed by atoms with E-state index in [9.17, 15) is 0 Å². The van der Waals surface area contributed by atoms with Crippen LogP contribution in [0.4, 0.5) is 0 Å². The minimum Gasteiger partial charge on any atom is -0.305 e. The molecule has 0 fully saturated rings. The molecule has 0 aliphatic heterocycles. The molecule has 2 heterocycles. The Balaban J connectivity index is 1.74. The number of nitrogens with one attached hydrogen (secondary N) is 1. The van der Waals surface area contributed by atoms with Crippen LogP contribution in [0.3, 0.4) is 0 Å². The van der Waals surface area contributed by atoms with Gasteiger partial charge in [0.2, 0.25) is 0 Å². The van der Waals surface area contributed by atoms with Crippen LogP contribution in [0.2, 0.25) is 0 Å². The summed E-state index contributed by atoms with van der Waals surface area (Å²) in [5, 5.41) is 11.1. The zero-order valence-corrected chi connectivity index (χ0v) is 13.0. The first-order chi connectivity index (χ1) is 10.2. The van der Waals surface area contributed by atoms with Crippen molar-refractivity contribution in [3.8, 4) is 5.69 Å². The maximum atomic E-state index is 4.53. The predicted octanol–water partition coefficient (Wildman–Crippen LogP) is 3.49. The van der Waals surface area contributed by atoms with E-state index in [0.717, 1.165) is 22.9 Å². The lowest BCUT2D eigenvalue weighted by Crippen LogP contribution is -2.19. The molecule has 3 rings (SSSR count). The van der Waals surface area contributed by atoms with Gasteiger partial charge in [-0.25, -0.2) is 9.67 Å². The van der Waals surface area contributed by atoms with Crippen molar-refractivity contribution in [1.29, 1.82) is 0 Å². The maximum Gasteiger partial charge on any atom is 0.0898 e. The van der Waals surface area contributed by atoms with E-state index in [2.05, 4.69) is 45.9 Å². The zero-order valence-electron chi connectivity index (χ0n) is 12.2. The number of nitrogens with zero attached hydrogens (tertiary/aromatic N) is 3. The quantitative estimate of drug-likeness (QED) is 0.784. The van der Waals surface area contributed by atoms with Crippen molar-refractivity contribution >= 4 is 11.3 Å². The Morgan fingerprint density at radius 1 is 1.29 bits per heavy atom. The fourth-order valence-electron chi connectivity index (χ4n) is 2.24. The number of para-hydroxylation sites is 1. The second-order valence-corrected chi connectivity index (χ2v) is 6.04. The van der Waals surface area contributed by atoms with Gasteiger partial charge in [0, 0.05) is 30.4 Å². The summed E-state index contributed by atoms with van der Waals surface area (Å²) >= 11 is 1.69. The molecule has 1 atom stereocenters. The molecule has 108 valence electrons. The summed E-state index contributed by atoms with van der Waals surface area (Å²) in [5.74, 6) is 0. The summed E-state index contributed by atoms with van der Waals surface area (Å²) in [5.41, 5.74) is 3.44. The molecule has 1 aromatic carbocycles. The van der Waals surface area contributed by atoms with E-state index in [1.54, 1.807) is 17.5 Å². The van der Waals surface area contributed by atoms with Gasteiger partial charge in [0.1, 0.15) is 0 Å². The molecule has 0 aliphatic rings. The molecule has 4 nitrogen and oxygen atoms in total. The van der Waals surface area contributed by atoms with Crippen LogP contribution >= 0.6 is 11.3 Å². The second-order valence-electron chi connectivity index (χ2n) is 4.97. The minimum atomic E-state index is 0.237. The lowest BCUT2D eigenvalue weighted by atomic mass is 10.1. The molecule has 1 N–H and O–H groups in total. The molecule has 0 amide bonds. The van der Waals surface area contributed by atoms with Gasteiger partial charge < -0.3 is 5.32 Å². The van der Waals surface area contributed by atoms with Crippen LogP contribution in [0, 0.1) is 6.92 Å². The first-order valence-electron chi connectivity index (χ1n) is 6.97. The molecule has 3 aromatic rings. The van der Waals surface area contributed by atoms with E-state index >= 15 is 0 Å². The van der Waals surface area contributed by atoms with Crippen LogP contribution in [0.15, 0.2) is 48.1 Å². The monoisotopic (exact) mass is 298 g/mol. The van der Waals surface area contributed by atoms with Crippen molar-refractivity contribution in [2.45, 2.75) is 26.4 Å². The molecule has 0 saturated heterocycles. The lowest BCUT2D eigenvalue weighted by molar-refractivity contribution is 0.561. The Labute approximate surface area is 128 Å². The highest BCUT2D eigenvalue weighted by atomic mass is 32.1. The summed E-state index contributed by atoms with van der Waals surface area (Å²) in [4.78, 5) is 4.53. The number of aryl methyl sites for hydroxylation is 1. The fraction of sp³-hybridized carbons (Fsp3) is 0.250. The van der Waals surface area contributed by atoms with Crippen molar-refractivity contribution in [3.63, 3.8) is 0 Å². The third-order valence-electron chi connectivity index (χ3n) is 3.42.